The minimum Gasteiger partial charge on any atom is -0.339 e. The molecule has 2 aromatic rings. The maximum Gasteiger partial charge on any atom is 0.254 e. The third kappa shape index (κ3) is 5.27. The highest BCUT2D eigenvalue weighted by atomic mass is 32.1. The van der Waals surface area contributed by atoms with Gasteiger partial charge in [0.15, 0.2) is 0 Å². The zero-order valence-electron chi connectivity index (χ0n) is 18.1. The Morgan fingerprint density at radius 1 is 1.10 bits per heavy atom. The number of carbonyl (C=O) groups is 1. The molecule has 1 unspecified atom stereocenters. The van der Waals surface area contributed by atoms with Crippen molar-refractivity contribution in [1.29, 1.82) is 0 Å². The maximum absolute atomic E-state index is 13.0. The summed E-state index contributed by atoms with van der Waals surface area (Å²) in [5.74, 6) is 0.931. The van der Waals surface area contributed by atoms with Gasteiger partial charge < -0.3 is 9.80 Å². The Bertz CT molecular complexity index is 881. The highest BCUT2D eigenvalue weighted by molar-refractivity contribution is 7.12. The molecule has 2 aliphatic heterocycles. The first-order valence-corrected chi connectivity index (χ1v) is 12.0. The van der Waals surface area contributed by atoms with Crippen molar-refractivity contribution in [2.45, 2.75) is 38.6 Å². The molecule has 8 nitrogen and oxygen atoms in total. The van der Waals surface area contributed by atoms with Gasteiger partial charge in [-0.1, -0.05) is 5.18 Å². The quantitative estimate of drug-likeness (QED) is 0.461. The second kappa shape index (κ2) is 10.3. The molecule has 0 saturated carbocycles. The minimum absolute atomic E-state index is 0.115. The van der Waals surface area contributed by atoms with Crippen molar-refractivity contribution in [1.82, 2.24) is 19.8 Å². The number of aryl methyl sites for hydroxylation is 1. The second-order valence-corrected chi connectivity index (χ2v) is 9.42. The monoisotopic (exact) mass is 442 g/mol. The molecular weight excluding hydrogens is 412 g/mol. The molecule has 0 bridgehead atoms. The molecule has 1 saturated heterocycles. The van der Waals surface area contributed by atoms with Crippen molar-refractivity contribution in [2.24, 2.45) is 5.18 Å². The zero-order valence-corrected chi connectivity index (χ0v) is 18.9. The molecule has 4 heterocycles. The maximum atomic E-state index is 13.0. The van der Waals surface area contributed by atoms with Crippen LogP contribution in [0.15, 0.2) is 29.7 Å². The van der Waals surface area contributed by atoms with Crippen molar-refractivity contribution in [3.05, 3.63) is 44.8 Å². The van der Waals surface area contributed by atoms with Crippen LogP contribution in [0.5, 0.6) is 0 Å². The Morgan fingerprint density at radius 2 is 1.84 bits per heavy atom. The summed E-state index contributed by atoms with van der Waals surface area (Å²) >= 11 is 1.57. The van der Waals surface area contributed by atoms with Crippen LogP contribution in [-0.2, 0) is 6.42 Å². The van der Waals surface area contributed by atoms with Crippen LogP contribution in [0.2, 0.25) is 0 Å². The number of nitroso groups, excluding NO2 is 1. The molecule has 31 heavy (non-hydrogen) atoms. The third-order valence-electron chi connectivity index (χ3n) is 6.11. The summed E-state index contributed by atoms with van der Waals surface area (Å²) in [5, 5.41) is 3.12. The topological polar surface area (TPSA) is 82.0 Å². The normalized spacial score (nSPS) is 18.5. The second-order valence-electron chi connectivity index (χ2n) is 8.25. The van der Waals surface area contributed by atoms with Gasteiger partial charge in [-0.25, -0.2) is 9.97 Å². The molecule has 0 aromatic carbocycles. The fourth-order valence-corrected chi connectivity index (χ4v) is 5.43. The summed E-state index contributed by atoms with van der Waals surface area (Å²) in [6.45, 7) is 8.39. The Balaban J connectivity index is 1.21. The molecule has 0 spiro atoms. The van der Waals surface area contributed by atoms with Crippen LogP contribution in [0.25, 0.3) is 0 Å². The number of aromatic nitrogens is 2. The van der Waals surface area contributed by atoms with Gasteiger partial charge in [0.25, 0.3) is 5.91 Å². The fourth-order valence-electron chi connectivity index (χ4n) is 4.25. The summed E-state index contributed by atoms with van der Waals surface area (Å²) in [6, 6.07) is 3.35. The molecule has 4 rings (SSSR count). The number of thiophene rings is 1. The van der Waals surface area contributed by atoms with E-state index < -0.39 is 0 Å². The number of amides is 1. The van der Waals surface area contributed by atoms with E-state index in [4.69, 9.17) is 0 Å². The van der Waals surface area contributed by atoms with Crippen molar-refractivity contribution in [3.63, 3.8) is 0 Å². The van der Waals surface area contributed by atoms with Gasteiger partial charge in [-0.15, -0.1) is 11.3 Å². The fraction of sp³-hybridized carbons (Fsp3) is 0.591. The average molecular weight is 443 g/mol. The van der Waals surface area contributed by atoms with E-state index in [1.807, 2.05) is 17.0 Å². The van der Waals surface area contributed by atoms with Crippen LogP contribution in [0.1, 0.15) is 52.3 Å². The lowest BCUT2D eigenvalue weighted by Gasteiger charge is -2.34. The predicted molar refractivity (Wildman–Crippen MR) is 123 cm³/mol. The van der Waals surface area contributed by atoms with Gasteiger partial charge in [-0.05, 0) is 51.3 Å². The number of hydrogen-bond donors (Lipinski definition) is 0. The Labute approximate surface area is 187 Å². The standard InChI is InChI=1S/C22H30N6O2S/c1-17(25-30)20-16-18-19(31-20)6-4-11-27(21(18)29)10-3-2-9-26-12-14-28(15-13-26)22-23-7-5-8-24-22/h5,7-8,16-17H,2-4,6,9-15H2,1H3. The highest BCUT2D eigenvalue weighted by Crippen LogP contribution is 2.32. The first-order chi connectivity index (χ1) is 15.2. The minimum atomic E-state index is -0.382. The number of hydrogen-bond acceptors (Lipinski definition) is 8. The largest absolute Gasteiger partial charge is 0.339 e. The van der Waals surface area contributed by atoms with Gasteiger partial charge in [0.2, 0.25) is 5.95 Å². The molecular formula is C22H30N6O2S. The molecule has 1 atom stereocenters. The first kappa shape index (κ1) is 21.8. The van der Waals surface area contributed by atoms with Crippen LogP contribution in [-0.4, -0.2) is 71.5 Å². The molecule has 166 valence electrons. The summed E-state index contributed by atoms with van der Waals surface area (Å²) in [6.07, 6.45) is 7.55. The number of rotatable bonds is 8. The molecule has 9 heteroatoms. The van der Waals surface area contributed by atoms with Crippen molar-refractivity contribution in [2.75, 3.05) is 50.7 Å². The number of anilines is 1. The van der Waals surface area contributed by atoms with Gasteiger partial charge in [-0.2, -0.15) is 4.91 Å². The molecule has 0 aliphatic carbocycles. The molecule has 2 aromatic heterocycles. The lowest BCUT2D eigenvalue weighted by atomic mass is 10.1. The molecule has 0 radical (unpaired) electrons. The Kier molecular flexibility index (Phi) is 7.24. The van der Waals surface area contributed by atoms with Crippen LogP contribution >= 0.6 is 11.3 Å². The summed E-state index contributed by atoms with van der Waals surface area (Å²) in [4.78, 5) is 41.3. The number of piperazine rings is 1. The van der Waals surface area contributed by atoms with E-state index >= 15 is 0 Å². The number of unbranched alkanes of at least 4 members (excludes halogenated alkanes) is 1. The lowest BCUT2D eigenvalue weighted by Crippen LogP contribution is -2.47. The van der Waals surface area contributed by atoms with Crippen molar-refractivity contribution in [3.8, 4) is 0 Å². The van der Waals surface area contributed by atoms with Gasteiger partial charge in [0.05, 0.1) is 5.56 Å². The number of carbonyl (C=O) groups excluding carboxylic acids is 1. The van der Waals surface area contributed by atoms with E-state index in [0.717, 1.165) is 92.8 Å². The van der Waals surface area contributed by atoms with Crippen LogP contribution in [0.3, 0.4) is 0 Å². The smallest absolute Gasteiger partial charge is 0.254 e. The van der Waals surface area contributed by atoms with Gasteiger partial charge in [-0.3, -0.25) is 9.69 Å². The SMILES string of the molecule is CC(N=O)c1cc2c(s1)CCCN(CCCCN1CCN(c3ncccn3)CC1)C2=O. The average Bonchev–Trinajstić information content (AvgIpc) is 3.19. The highest BCUT2D eigenvalue weighted by Gasteiger charge is 2.26. The molecule has 1 amide bonds. The number of nitrogens with zero attached hydrogens (tertiary/aromatic N) is 6. The van der Waals surface area contributed by atoms with Gasteiger partial charge in [0, 0.05) is 61.4 Å². The zero-order chi connectivity index (χ0) is 21.6. The van der Waals surface area contributed by atoms with Crippen LogP contribution in [0, 0.1) is 4.91 Å². The Morgan fingerprint density at radius 3 is 2.58 bits per heavy atom. The lowest BCUT2D eigenvalue weighted by molar-refractivity contribution is 0.0756. The van der Waals surface area contributed by atoms with Gasteiger partial charge in [0.1, 0.15) is 6.04 Å². The molecule has 2 aliphatic rings. The summed E-state index contributed by atoms with van der Waals surface area (Å²) < 4.78 is 0. The summed E-state index contributed by atoms with van der Waals surface area (Å²) in [7, 11) is 0. The van der Waals surface area contributed by atoms with E-state index in [-0.39, 0.29) is 11.9 Å². The van der Waals surface area contributed by atoms with Crippen LogP contribution in [0.4, 0.5) is 5.95 Å². The summed E-state index contributed by atoms with van der Waals surface area (Å²) in [5.41, 5.74) is 0.784. The van der Waals surface area contributed by atoms with E-state index in [0.29, 0.717) is 0 Å². The first-order valence-electron chi connectivity index (χ1n) is 11.1. The van der Waals surface area contributed by atoms with E-state index in [1.165, 1.54) is 0 Å². The van der Waals surface area contributed by atoms with E-state index in [2.05, 4.69) is 24.9 Å². The van der Waals surface area contributed by atoms with Crippen molar-refractivity contribution >= 4 is 23.2 Å². The Hall–Kier alpha value is -2.39. The van der Waals surface area contributed by atoms with Crippen LogP contribution < -0.4 is 4.90 Å². The van der Waals surface area contributed by atoms with E-state index in [1.54, 1.807) is 30.7 Å². The third-order valence-corrected chi connectivity index (χ3v) is 7.47. The van der Waals surface area contributed by atoms with Crippen molar-refractivity contribution < 1.29 is 4.79 Å². The predicted octanol–water partition coefficient (Wildman–Crippen LogP) is 3.36. The van der Waals surface area contributed by atoms with Gasteiger partial charge >= 0.3 is 0 Å². The number of fused-ring (bicyclic) bond motifs is 1. The molecule has 0 N–H and O–H groups in total. The molecule has 1 fully saturated rings. The van der Waals surface area contributed by atoms with E-state index in [9.17, 15) is 9.70 Å².